The van der Waals surface area contributed by atoms with E-state index in [0.717, 1.165) is 30.0 Å². The largest absolute Gasteiger partial charge is 0.378 e. The maximum absolute atomic E-state index is 13.0. The molecule has 2 aromatic heterocycles. The second-order valence-electron chi connectivity index (χ2n) is 6.95. The number of para-hydroxylation sites is 1. The number of hydrogen-bond acceptors (Lipinski definition) is 5. The molecule has 1 aromatic carbocycles. The van der Waals surface area contributed by atoms with Gasteiger partial charge in [-0.05, 0) is 32.0 Å². The number of nitrogens with zero attached hydrogens (tertiary/aromatic N) is 4. The summed E-state index contributed by atoms with van der Waals surface area (Å²) in [5.74, 6) is 1.20. The normalized spacial score (nSPS) is 14.5. The van der Waals surface area contributed by atoms with Crippen molar-refractivity contribution in [3.05, 3.63) is 42.6 Å². The first kappa shape index (κ1) is 18.2. The van der Waals surface area contributed by atoms with Crippen molar-refractivity contribution in [2.75, 3.05) is 41.4 Å². The van der Waals surface area contributed by atoms with Crippen molar-refractivity contribution in [1.29, 1.82) is 0 Å². The van der Waals surface area contributed by atoms with Crippen LogP contribution in [0, 0.1) is 0 Å². The number of aromatic amines is 1. The molecule has 146 valence electrons. The van der Waals surface area contributed by atoms with E-state index in [1.807, 2.05) is 56.4 Å². The Morgan fingerprint density at radius 2 is 1.93 bits per heavy atom. The number of hydrogen-bond donors (Lipinski definition) is 2. The van der Waals surface area contributed by atoms with Crippen molar-refractivity contribution in [3.8, 4) is 0 Å². The summed E-state index contributed by atoms with van der Waals surface area (Å²) >= 11 is 0. The highest BCUT2D eigenvalue weighted by Crippen LogP contribution is 2.27. The minimum atomic E-state index is -0.264. The molecule has 1 fully saturated rings. The molecule has 3 aromatic rings. The van der Waals surface area contributed by atoms with E-state index in [0.29, 0.717) is 24.8 Å². The lowest BCUT2D eigenvalue weighted by atomic mass is 10.3. The van der Waals surface area contributed by atoms with Crippen LogP contribution in [0.15, 0.2) is 42.6 Å². The van der Waals surface area contributed by atoms with Gasteiger partial charge in [0.2, 0.25) is 5.95 Å². The number of H-pyrrole nitrogens is 1. The molecule has 0 aliphatic carbocycles. The Hall–Kier alpha value is -3.13. The maximum atomic E-state index is 13.0. The number of benzene rings is 1. The van der Waals surface area contributed by atoms with Gasteiger partial charge in [-0.25, -0.2) is 4.79 Å². The molecule has 2 amide bonds. The number of carbonyl (C=O) groups is 1. The van der Waals surface area contributed by atoms with Gasteiger partial charge in [0.05, 0.1) is 18.6 Å². The Labute approximate surface area is 163 Å². The summed E-state index contributed by atoms with van der Waals surface area (Å²) in [6.45, 7) is 6.73. The summed E-state index contributed by atoms with van der Waals surface area (Å²) in [6, 6.07) is 11.0. The van der Waals surface area contributed by atoms with Gasteiger partial charge in [-0.1, -0.05) is 18.2 Å². The fraction of sp³-hybridized carbons (Fsp3) is 0.350. The predicted molar refractivity (Wildman–Crippen MR) is 110 cm³/mol. The van der Waals surface area contributed by atoms with Crippen molar-refractivity contribution in [2.24, 2.45) is 0 Å². The summed E-state index contributed by atoms with van der Waals surface area (Å²) in [5.41, 5.74) is 1.44. The molecule has 3 heterocycles. The van der Waals surface area contributed by atoms with Crippen molar-refractivity contribution < 1.29 is 9.53 Å². The minimum Gasteiger partial charge on any atom is -0.378 e. The Morgan fingerprint density at radius 3 is 2.64 bits per heavy atom. The zero-order chi connectivity index (χ0) is 19.5. The number of fused-ring (bicyclic) bond motifs is 1. The molecule has 0 radical (unpaired) electrons. The van der Waals surface area contributed by atoms with Gasteiger partial charge in [0.1, 0.15) is 11.5 Å². The third-order valence-corrected chi connectivity index (χ3v) is 4.67. The second kappa shape index (κ2) is 7.85. The molecule has 28 heavy (non-hydrogen) atoms. The lowest BCUT2D eigenvalue weighted by molar-refractivity contribution is 0.122. The zero-order valence-electron chi connectivity index (χ0n) is 16.1. The van der Waals surface area contributed by atoms with Crippen LogP contribution in [-0.2, 0) is 4.74 Å². The third kappa shape index (κ3) is 3.63. The summed E-state index contributed by atoms with van der Waals surface area (Å²) in [4.78, 5) is 29.3. The molecule has 0 spiro atoms. The first-order chi connectivity index (χ1) is 13.6. The van der Waals surface area contributed by atoms with Crippen LogP contribution in [0.3, 0.4) is 0 Å². The van der Waals surface area contributed by atoms with E-state index >= 15 is 0 Å². The molecule has 4 rings (SSSR count). The van der Waals surface area contributed by atoms with Crippen LogP contribution >= 0.6 is 0 Å². The summed E-state index contributed by atoms with van der Waals surface area (Å²) in [6.07, 6.45) is 1.84. The van der Waals surface area contributed by atoms with Gasteiger partial charge in [-0.2, -0.15) is 9.97 Å². The monoisotopic (exact) mass is 380 g/mol. The van der Waals surface area contributed by atoms with E-state index in [1.165, 1.54) is 0 Å². The molecular weight excluding hydrogens is 356 g/mol. The van der Waals surface area contributed by atoms with Gasteiger partial charge in [0, 0.05) is 31.0 Å². The van der Waals surface area contributed by atoms with E-state index in [1.54, 1.807) is 4.90 Å². The average Bonchev–Trinajstić information content (AvgIpc) is 3.17. The number of nitrogens with one attached hydrogen (secondary N) is 2. The summed E-state index contributed by atoms with van der Waals surface area (Å²) in [7, 11) is 0. The van der Waals surface area contributed by atoms with Gasteiger partial charge in [-0.3, -0.25) is 4.90 Å². The molecule has 0 unspecified atom stereocenters. The smallest absolute Gasteiger partial charge is 0.328 e. The van der Waals surface area contributed by atoms with Crippen LogP contribution in [0.2, 0.25) is 0 Å². The Kier molecular flexibility index (Phi) is 5.12. The maximum Gasteiger partial charge on any atom is 0.328 e. The number of carbonyl (C=O) groups excluding carboxylic acids is 1. The Bertz CT molecular complexity index is 950. The zero-order valence-corrected chi connectivity index (χ0v) is 16.1. The Balaban J connectivity index is 1.71. The average molecular weight is 380 g/mol. The fourth-order valence-corrected chi connectivity index (χ4v) is 3.30. The van der Waals surface area contributed by atoms with E-state index in [2.05, 4.69) is 20.2 Å². The Morgan fingerprint density at radius 1 is 1.18 bits per heavy atom. The molecule has 1 saturated heterocycles. The van der Waals surface area contributed by atoms with E-state index in [4.69, 9.17) is 9.72 Å². The van der Waals surface area contributed by atoms with E-state index in [-0.39, 0.29) is 12.1 Å². The van der Waals surface area contributed by atoms with Crippen molar-refractivity contribution in [3.63, 3.8) is 0 Å². The highest BCUT2D eigenvalue weighted by molar-refractivity contribution is 6.02. The van der Waals surface area contributed by atoms with Crippen molar-refractivity contribution >= 4 is 34.5 Å². The quantitative estimate of drug-likeness (QED) is 0.726. The molecule has 8 heteroatoms. The first-order valence-electron chi connectivity index (χ1n) is 9.46. The van der Waals surface area contributed by atoms with E-state index in [9.17, 15) is 4.79 Å². The van der Waals surface area contributed by atoms with Crippen LogP contribution in [0.25, 0.3) is 11.0 Å². The molecule has 0 saturated carbocycles. The summed E-state index contributed by atoms with van der Waals surface area (Å²) in [5, 5.41) is 3.87. The number of urea groups is 1. The number of amides is 2. The number of aromatic nitrogens is 3. The van der Waals surface area contributed by atoms with Crippen LogP contribution in [0.1, 0.15) is 13.8 Å². The number of ether oxygens (including phenoxy) is 1. The van der Waals surface area contributed by atoms with Gasteiger partial charge in [0.15, 0.2) is 0 Å². The number of anilines is 3. The molecule has 2 N–H and O–H groups in total. The first-order valence-corrected chi connectivity index (χ1v) is 9.46. The number of morpholine rings is 1. The molecule has 8 nitrogen and oxygen atoms in total. The SMILES string of the molecule is CC(C)N(C(=O)Nc1ccccc1)c1nc(N2CCOCC2)c2cc[nH]c2n1. The highest BCUT2D eigenvalue weighted by Gasteiger charge is 2.25. The molecule has 0 bridgehead atoms. The summed E-state index contributed by atoms with van der Waals surface area (Å²) < 4.78 is 5.47. The second-order valence-corrected chi connectivity index (χ2v) is 6.95. The van der Waals surface area contributed by atoms with Crippen molar-refractivity contribution in [1.82, 2.24) is 15.0 Å². The van der Waals surface area contributed by atoms with Gasteiger partial charge >= 0.3 is 6.03 Å². The van der Waals surface area contributed by atoms with E-state index < -0.39 is 0 Å². The van der Waals surface area contributed by atoms with Crippen LogP contribution < -0.4 is 15.1 Å². The lowest BCUT2D eigenvalue weighted by Gasteiger charge is -2.30. The third-order valence-electron chi connectivity index (χ3n) is 4.67. The molecule has 0 atom stereocenters. The van der Waals surface area contributed by atoms with Crippen LogP contribution in [-0.4, -0.2) is 53.3 Å². The molecular formula is C20H24N6O2. The predicted octanol–water partition coefficient (Wildman–Crippen LogP) is 3.24. The van der Waals surface area contributed by atoms with Gasteiger partial charge < -0.3 is 19.9 Å². The minimum absolute atomic E-state index is 0.117. The van der Waals surface area contributed by atoms with Gasteiger partial charge in [-0.15, -0.1) is 0 Å². The highest BCUT2D eigenvalue weighted by atomic mass is 16.5. The fourth-order valence-electron chi connectivity index (χ4n) is 3.30. The molecule has 1 aliphatic heterocycles. The standard InChI is InChI=1S/C20H24N6O2/c1-14(2)26(20(27)22-15-6-4-3-5-7-15)19-23-17-16(8-9-21-17)18(24-19)25-10-12-28-13-11-25/h3-9,14H,10-13H2,1-2H3,(H,22,27)(H,21,23,24). The van der Waals surface area contributed by atoms with Crippen LogP contribution in [0.4, 0.5) is 22.2 Å². The molecule has 1 aliphatic rings. The van der Waals surface area contributed by atoms with Crippen LogP contribution in [0.5, 0.6) is 0 Å². The topological polar surface area (TPSA) is 86.4 Å². The lowest BCUT2D eigenvalue weighted by Crippen LogP contribution is -2.42. The number of rotatable bonds is 4. The van der Waals surface area contributed by atoms with Gasteiger partial charge in [0.25, 0.3) is 0 Å². The van der Waals surface area contributed by atoms with Crippen molar-refractivity contribution in [2.45, 2.75) is 19.9 Å².